The maximum atomic E-state index is 12.1. The Hall–Kier alpha value is -1.36. The number of carbonyl (C=O) groups is 2. The summed E-state index contributed by atoms with van der Waals surface area (Å²) in [5.74, 6) is -2.64. The number of carboxylic acid groups (broad SMARTS) is 2. The van der Waals surface area contributed by atoms with Gasteiger partial charge in [0.15, 0.2) is 5.54 Å². The normalized spacial score (nSPS) is 14.8. The number of carboxylic acids is 2. The van der Waals surface area contributed by atoms with E-state index in [1.54, 1.807) is 0 Å². The highest BCUT2D eigenvalue weighted by Crippen LogP contribution is 2.18. The molecule has 0 fully saturated rings. The molecule has 10 N–H and O–H groups in total. The fraction of sp³-hybridized carbons (Fsp3) is 0.818. The molecule has 0 heterocycles. The van der Waals surface area contributed by atoms with Crippen molar-refractivity contribution in [1.82, 2.24) is 0 Å². The summed E-state index contributed by atoms with van der Waals surface area (Å²) < 4.78 is 24.2. The van der Waals surface area contributed by atoms with Gasteiger partial charge in [-0.05, 0) is 38.8 Å². The summed E-state index contributed by atoms with van der Waals surface area (Å²) in [5.41, 5.74) is 17.8. The van der Waals surface area contributed by atoms with Gasteiger partial charge < -0.3 is 33.1 Å². The van der Waals surface area contributed by atoms with E-state index in [0.717, 1.165) is 0 Å². The predicted octanol–water partition coefficient (Wildman–Crippen LogP) is -1.09. The topological polar surface area (TPSA) is 179 Å². The molecule has 0 aliphatic heterocycles. The van der Waals surface area contributed by atoms with Crippen LogP contribution >= 0.6 is 0 Å². The van der Waals surface area contributed by atoms with Crippen LogP contribution in [0.15, 0.2) is 0 Å². The van der Waals surface area contributed by atoms with Gasteiger partial charge in [0, 0.05) is 0 Å². The molecule has 0 aromatic heterocycles. The molecule has 2 unspecified atom stereocenters. The Labute approximate surface area is 121 Å². The molecule has 0 bridgehead atoms. The van der Waals surface area contributed by atoms with Gasteiger partial charge in [-0.3, -0.25) is 4.79 Å². The van der Waals surface area contributed by atoms with Crippen LogP contribution in [0.5, 0.6) is 0 Å². The van der Waals surface area contributed by atoms with Crippen LogP contribution in [0.25, 0.3) is 0 Å². The highest BCUT2D eigenvalue weighted by atomic mass is 19.3. The number of hydrogen-bond acceptors (Lipinski definition) is 6. The van der Waals surface area contributed by atoms with Crippen molar-refractivity contribution < 1.29 is 28.6 Å². The first-order valence-corrected chi connectivity index (χ1v) is 6.32. The minimum absolute atomic E-state index is 0.152. The largest absolute Gasteiger partial charge is 0.480 e. The Bertz CT molecular complexity index is 321. The monoisotopic (exact) mass is 314 g/mol. The molecule has 126 valence electrons. The fourth-order valence-corrected chi connectivity index (χ4v) is 1.17. The zero-order chi connectivity index (χ0) is 17.1. The van der Waals surface area contributed by atoms with E-state index in [2.05, 4.69) is 0 Å². The molecule has 8 nitrogen and oxygen atoms in total. The zero-order valence-electron chi connectivity index (χ0n) is 11.7. The lowest BCUT2D eigenvalue weighted by atomic mass is 9.95. The van der Waals surface area contributed by atoms with Gasteiger partial charge in [0.05, 0.1) is 0 Å². The third-order valence-electron chi connectivity index (χ3n) is 2.62. The van der Waals surface area contributed by atoms with Gasteiger partial charge in [-0.15, -0.1) is 0 Å². The van der Waals surface area contributed by atoms with E-state index in [4.69, 9.17) is 33.1 Å². The van der Waals surface area contributed by atoms with E-state index in [0.29, 0.717) is 19.4 Å². The summed E-state index contributed by atoms with van der Waals surface area (Å²) in [6.07, 6.45) is -2.07. The lowest BCUT2D eigenvalue weighted by molar-refractivity contribution is -0.150. The van der Waals surface area contributed by atoms with E-state index in [-0.39, 0.29) is 19.4 Å². The second-order valence-corrected chi connectivity index (χ2v) is 4.41. The third kappa shape index (κ3) is 9.24. The van der Waals surface area contributed by atoms with Gasteiger partial charge in [-0.25, -0.2) is 13.6 Å². The van der Waals surface area contributed by atoms with Crippen molar-refractivity contribution in [2.24, 2.45) is 22.9 Å². The first-order valence-electron chi connectivity index (χ1n) is 6.32. The Morgan fingerprint density at radius 2 is 1.57 bits per heavy atom. The lowest BCUT2D eigenvalue weighted by Gasteiger charge is -2.22. The van der Waals surface area contributed by atoms with Crippen LogP contribution in [0.4, 0.5) is 8.78 Å². The van der Waals surface area contributed by atoms with E-state index >= 15 is 0 Å². The van der Waals surface area contributed by atoms with Crippen molar-refractivity contribution in [3.05, 3.63) is 0 Å². The summed E-state index contributed by atoms with van der Waals surface area (Å²) in [7, 11) is 0. The molecule has 21 heavy (non-hydrogen) atoms. The molecule has 10 heteroatoms. The second kappa shape index (κ2) is 11.3. The molecule has 0 rings (SSSR count). The average Bonchev–Trinajstić information content (AvgIpc) is 2.41. The highest BCUT2D eigenvalue weighted by molar-refractivity contribution is 5.79. The van der Waals surface area contributed by atoms with Crippen molar-refractivity contribution >= 4 is 11.9 Å². The molecule has 0 amide bonds. The molecule has 2 atom stereocenters. The van der Waals surface area contributed by atoms with Crippen LogP contribution in [-0.2, 0) is 9.59 Å². The molecule has 0 saturated heterocycles. The Balaban J connectivity index is 0. The van der Waals surface area contributed by atoms with Crippen LogP contribution in [0.1, 0.15) is 25.7 Å². The lowest BCUT2D eigenvalue weighted by Crippen LogP contribution is -2.54. The van der Waals surface area contributed by atoms with Gasteiger partial charge in [0.25, 0.3) is 6.43 Å². The quantitative estimate of drug-likeness (QED) is 0.310. The van der Waals surface area contributed by atoms with Gasteiger partial charge >= 0.3 is 11.9 Å². The molecule has 0 aromatic rings. The zero-order valence-corrected chi connectivity index (χ0v) is 11.7. The molecule has 0 aliphatic carbocycles. The minimum Gasteiger partial charge on any atom is -0.480 e. The van der Waals surface area contributed by atoms with Crippen LogP contribution in [0.3, 0.4) is 0 Å². The Kier molecular flexibility index (Phi) is 11.8. The summed E-state index contributed by atoms with van der Waals surface area (Å²) >= 11 is 0. The number of rotatable bonds is 9. The summed E-state index contributed by atoms with van der Waals surface area (Å²) in [6, 6.07) is -0.742. The van der Waals surface area contributed by atoms with Crippen molar-refractivity contribution in [1.29, 1.82) is 0 Å². The fourth-order valence-electron chi connectivity index (χ4n) is 1.17. The summed E-state index contributed by atoms with van der Waals surface area (Å²) in [6.45, 7) is 0.653. The third-order valence-corrected chi connectivity index (χ3v) is 2.62. The molecule has 0 aliphatic rings. The van der Waals surface area contributed by atoms with Crippen molar-refractivity contribution in [3.63, 3.8) is 0 Å². The molecule has 0 radical (unpaired) electrons. The van der Waals surface area contributed by atoms with Crippen molar-refractivity contribution in [2.75, 3.05) is 13.1 Å². The maximum Gasteiger partial charge on any atom is 0.329 e. The number of halogens is 2. The Morgan fingerprint density at radius 1 is 1.10 bits per heavy atom. The summed E-state index contributed by atoms with van der Waals surface area (Å²) in [4.78, 5) is 20.4. The van der Waals surface area contributed by atoms with E-state index in [1.807, 2.05) is 0 Å². The Morgan fingerprint density at radius 3 is 1.86 bits per heavy atom. The summed E-state index contributed by atoms with van der Waals surface area (Å²) in [5, 5.41) is 16.6. The van der Waals surface area contributed by atoms with E-state index in [9.17, 15) is 18.4 Å². The van der Waals surface area contributed by atoms with Crippen LogP contribution in [-0.4, -0.2) is 53.2 Å². The van der Waals surface area contributed by atoms with Crippen LogP contribution < -0.4 is 22.9 Å². The first kappa shape index (κ1) is 21.9. The van der Waals surface area contributed by atoms with Crippen LogP contribution in [0.2, 0.25) is 0 Å². The SMILES string of the molecule is NCCCC(N)(C(=O)O)C(F)F.NCCCC(N)C(=O)O. The predicted molar refractivity (Wildman–Crippen MR) is 72.7 cm³/mol. The number of aliphatic carboxylic acids is 2. The highest BCUT2D eigenvalue weighted by Gasteiger charge is 2.42. The smallest absolute Gasteiger partial charge is 0.329 e. The molecule has 0 spiro atoms. The van der Waals surface area contributed by atoms with Crippen molar-refractivity contribution in [3.8, 4) is 0 Å². The van der Waals surface area contributed by atoms with Crippen LogP contribution in [0, 0.1) is 0 Å². The average molecular weight is 314 g/mol. The number of nitrogens with two attached hydrogens (primary N) is 4. The molecule has 0 aromatic carbocycles. The van der Waals surface area contributed by atoms with Crippen molar-refractivity contribution in [2.45, 2.75) is 43.7 Å². The van der Waals surface area contributed by atoms with Gasteiger partial charge in [0.1, 0.15) is 6.04 Å². The molecule has 0 saturated carbocycles. The minimum atomic E-state index is -3.07. The second-order valence-electron chi connectivity index (χ2n) is 4.41. The molecular formula is C11H24F2N4O4. The number of alkyl halides is 2. The van der Waals surface area contributed by atoms with E-state index in [1.165, 1.54) is 0 Å². The van der Waals surface area contributed by atoms with Gasteiger partial charge in [-0.2, -0.15) is 0 Å². The number of hydrogen-bond donors (Lipinski definition) is 6. The van der Waals surface area contributed by atoms with E-state index < -0.39 is 29.9 Å². The van der Waals surface area contributed by atoms with Gasteiger partial charge in [-0.1, -0.05) is 0 Å². The standard InChI is InChI=1S/C6H12F2N2O2.C5H12N2O2/c7-4(8)6(10,5(11)12)2-1-3-9;6-3-1-2-4(7)5(8)9/h4H,1-3,9-10H2,(H,11,12);4H,1-3,6-7H2,(H,8,9). The molecular weight excluding hydrogens is 290 g/mol. The maximum absolute atomic E-state index is 12.1. The first-order chi connectivity index (χ1) is 9.63. The van der Waals surface area contributed by atoms with Gasteiger partial charge in [0.2, 0.25) is 0 Å².